The number of thiophene rings is 1. The average molecular weight is 422 g/mol. The second-order valence-corrected chi connectivity index (χ2v) is 11.9. The van der Waals surface area contributed by atoms with E-state index in [1.54, 1.807) is 11.3 Å². The van der Waals surface area contributed by atoms with Gasteiger partial charge in [0.15, 0.2) is 0 Å². The van der Waals surface area contributed by atoms with Gasteiger partial charge in [-0.25, -0.2) is 9.66 Å². The molecule has 0 N–H and O–H groups in total. The predicted molar refractivity (Wildman–Crippen MR) is 118 cm³/mol. The summed E-state index contributed by atoms with van der Waals surface area (Å²) in [7, 11) is 4.07. The Morgan fingerprint density at radius 3 is 2.59 bits per heavy atom. The summed E-state index contributed by atoms with van der Waals surface area (Å²) in [5.41, 5.74) is 2.03. The molecule has 1 fully saturated rings. The molecular weight excluding hydrogens is 397 g/mol. The van der Waals surface area contributed by atoms with E-state index in [0.717, 1.165) is 34.6 Å². The first kappa shape index (κ1) is 19.1. The third-order valence-electron chi connectivity index (χ3n) is 4.72. The molecule has 0 unspecified atom stereocenters. The summed E-state index contributed by atoms with van der Waals surface area (Å²) in [5, 5.41) is 3.07. The quantitative estimate of drug-likeness (QED) is 0.701. The Morgan fingerprint density at radius 1 is 1.22 bits per heavy atom. The summed E-state index contributed by atoms with van der Waals surface area (Å²) in [6.07, 6.45) is -2.20. The van der Waals surface area contributed by atoms with Crippen molar-refractivity contribution < 1.29 is 9.26 Å². The number of ether oxygens (including phenoxy) is 1. The van der Waals surface area contributed by atoms with Gasteiger partial charge in [-0.2, -0.15) is 0 Å². The van der Waals surface area contributed by atoms with Crippen molar-refractivity contribution in [1.29, 1.82) is 0 Å². The van der Waals surface area contributed by atoms with Crippen LogP contribution < -0.4 is 10.2 Å². The normalized spacial score (nSPS) is 28.2. The van der Waals surface area contributed by atoms with E-state index >= 15 is 0 Å². The molecule has 1 aromatic carbocycles. The zero-order valence-electron chi connectivity index (χ0n) is 16.0. The number of hydrogen-bond acceptors (Lipinski definition) is 6. The van der Waals surface area contributed by atoms with Crippen molar-refractivity contribution in [2.24, 2.45) is 4.99 Å². The predicted octanol–water partition coefficient (Wildman–Crippen LogP) is 3.97. The highest BCUT2D eigenvalue weighted by Crippen LogP contribution is 2.56. The third-order valence-corrected chi connectivity index (χ3v) is 9.56. The Morgan fingerprint density at radius 2 is 1.96 bits per heavy atom. The Kier molecular flexibility index (Phi) is 5.16. The molecule has 1 saturated heterocycles. The van der Waals surface area contributed by atoms with Crippen LogP contribution in [0.2, 0.25) is 0 Å². The molecule has 0 radical (unpaired) electrons. The number of fused-ring (bicyclic) bond motifs is 1. The molecule has 2 aromatic rings. The van der Waals surface area contributed by atoms with Crippen LogP contribution in [0.1, 0.15) is 18.7 Å². The Bertz CT molecular complexity index is 904. The van der Waals surface area contributed by atoms with E-state index in [4.69, 9.17) is 26.1 Å². The summed E-state index contributed by atoms with van der Waals surface area (Å²) >= 11 is 7.89. The lowest BCUT2D eigenvalue weighted by molar-refractivity contribution is -0.0446. The summed E-state index contributed by atoms with van der Waals surface area (Å²) in [4.78, 5) is 7.94. The maximum Gasteiger partial charge on any atom is 0.236 e. The highest BCUT2D eigenvalue weighted by atomic mass is 32.4. The van der Waals surface area contributed by atoms with Crippen molar-refractivity contribution in [2.45, 2.75) is 26.1 Å². The van der Waals surface area contributed by atoms with E-state index in [9.17, 15) is 0 Å². The van der Waals surface area contributed by atoms with Crippen molar-refractivity contribution in [1.82, 2.24) is 4.67 Å². The summed E-state index contributed by atoms with van der Waals surface area (Å²) in [5.74, 6) is 0.642. The molecule has 3 heterocycles. The summed E-state index contributed by atoms with van der Waals surface area (Å²) < 4.78 is 14.8. The van der Waals surface area contributed by atoms with E-state index in [2.05, 4.69) is 41.6 Å². The van der Waals surface area contributed by atoms with Gasteiger partial charge in [-0.05, 0) is 55.3 Å². The molecular formula is C19H24N3O2PS2. The fraction of sp³-hybridized carbons (Fsp3) is 0.421. The molecule has 0 saturated carbocycles. The van der Waals surface area contributed by atoms with Crippen LogP contribution >= 0.6 is 17.8 Å². The Labute approximate surface area is 169 Å². The van der Waals surface area contributed by atoms with Crippen molar-refractivity contribution in [3.63, 3.8) is 0 Å². The van der Waals surface area contributed by atoms with E-state index in [0.29, 0.717) is 5.90 Å². The fourth-order valence-electron chi connectivity index (χ4n) is 3.49. The molecule has 144 valence electrons. The first-order valence-electron chi connectivity index (χ1n) is 9.02. The lowest BCUT2D eigenvalue weighted by Gasteiger charge is -2.43. The molecule has 2 aliphatic rings. The van der Waals surface area contributed by atoms with Crippen LogP contribution in [0, 0.1) is 0 Å². The maximum atomic E-state index is 6.52. The van der Waals surface area contributed by atoms with Crippen LogP contribution in [0.5, 0.6) is 0 Å². The monoisotopic (exact) mass is 421 g/mol. The van der Waals surface area contributed by atoms with Crippen LogP contribution in [0.4, 0.5) is 11.4 Å². The summed E-state index contributed by atoms with van der Waals surface area (Å²) in [6, 6.07) is 10.4. The van der Waals surface area contributed by atoms with Crippen LogP contribution in [0.3, 0.4) is 0 Å². The van der Waals surface area contributed by atoms with Gasteiger partial charge < -0.3 is 14.2 Å². The maximum absolute atomic E-state index is 6.52. The minimum atomic E-state index is -2.46. The molecule has 1 aromatic heterocycles. The number of nitrogens with zero attached hydrogens (tertiary/aromatic N) is 3. The SMILES string of the molecule is C[C@@H]1CN([P@]2(=S)OC(c3cccs3)=Nc3cc(N(C)C)ccc32)C[C@@H](C)O1. The smallest absolute Gasteiger partial charge is 0.236 e. The second-order valence-electron chi connectivity index (χ2n) is 7.20. The largest absolute Gasteiger partial charge is 0.430 e. The van der Waals surface area contributed by atoms with Crippen molar-refractivity contribution in [3.8, 4) is 0 Å². The highest BCUT2D eigenvalue weighted by molar-refractivity contribution is 8.15. The molecule has 0 bridgehead atoms. The van der Waals surface area contributed by atoms with Crippen molar-refractivity contribution in [2.75, 3.05) is 32.1 Å². The zero-order chi connectivity index (χ0) is 19.2. The Balaban J connectivity index is 1.83. The van der Waals surface area contributed by atoms with Crippen LogP contribution in [-0.4, -0.2) is 50.0 Å². The Hall–Kier alpha value is -1.24. The molecule has 8 heteroatoms. The van der Waals surface area contributed by atoms with Gasteiger partial charge in [0.25, 0.3) is 0 Å². The van der Waals surface area contributed by atoms with Gasteiger partial charge >= 0.3 is 0 Å². The molecule has 27 heavy (non-hydrogen) atoms. The van der Waals surface area contributed by atoms with Crippen molar-refractivity contribution >= 4 is 52.1 Å². The topological polar surface area (TPSA) is 37.3 Å². The molecule has 5 nitrogen and oxygen atoms in total. The van der Waals surface area contributed by atoms with E-state index in [1.165, 1.54) is 0 Å². The standard InChI is InChI=1S/C19H24N3O2PS2/c1-13-11-22(12-14(2)23-13)25(26)17-8-7-15(21(3)4)10-16(17)20-19(24-25)18-6-5-9-27-18/h5-10,13-14H,11-12H2,1-4H3/t13-,14-,25+/m1/s1. The van der Waals surface area contributed by atoms with E-state index in [1.807, 2.05) is 31.6 Å². The third kappa shape index (κ3) is 3.59. The van der Waals surface area contributed by atoms with E-state index in [-0.39, 0.29) is 12.2 Å². The number of anilines is 1. The lowest BCUT2D eigenvalue weighted by Crippen LogP contribution is -2.46. The second kappa shape index (κ2) is 7.30. The average Bonchev–Trinajstić information content (AvgIpc) is 3.15. The van der Waals surface area contributed by atoms with Crippen LogP contribution in [0.25, 0.3) is 0 Å². The molecule has 2 aliphatic heterocycles. The van der Waals surface area contributed by atoms with Gasteiger partial charge in [0.05, 0.1) is 28.1 Å². The van der Waals surface area contributed by atoms with Gasteiger partial charge in [-0.15, -0.1) is 11.3 Å². The number of hydrogen-bond donors (Lipinski definition) is 0. The van der Waals surface area contributed by atoms with Gasteiger partial charge in [0.1, 0.15) is 0 Å². The van der Waals surface area contributed by atoms with Gasteiger partial charge in [0.2, 0.25) is 12.3 Å². The van der Waals surface area contributed by atoms with Gasteiger partial charge in [-0.3, -0.25) is 0 Å². The number of morpholine rings is 1. The van der Waals surface area contributed by atoms with Crippen LogP contribution in [-0.2, 0) is 21.1 Å². The molecule has 3 atom stereocenters. The van der Waals surface area contributed by atoms with Crippen LogP contribution in [0.15, 0.2) is 40.7 Å². The first-order chi connectivity index (χ1) is 12.9. The minimum Gasteiger partial charge on any atom is -0.430 e. The highest BCUT2D eigenvalue weighted by Gasteiger charge is 2.40. The molecule has 0 amide bonds. The number of benzene rings is 1. The number of rotatable bonds is 3. The first-order valence-corrected chi connectivity index (χ1v) is 12.6. The lowest BCUT2D eigenvalue weighted by atomic mass is 10.2. The van der Waals surface area contributed by atoms with Gasteiger partial charge in [0, 0.05) is 32.9 Å². The molecule has 0 spiro atoms. The molecule has 4 rings (SSSR count). The fourth-order valence-corrected chi connectivity index (χ4v) is 7.73. The van der Waals surface area contributed by atoms with E-state index < -0.39 is 6.42 Å². The van der Waals surface area contributed by atoms with Gasteiger partial charge in [-0.1, -0.05) is 6.07 Å². The molecule has 0 aliphatic carbocycles. The minimum absolute atomic E-state index is 0.130. The summed E-state index contributed by atoms with van der Waals surface area (Å²) in [6.45, 7) is 5.74. The van der Waals surface area contributed by atoms with Crippen molar-refractivity contribution in [3.05, 3.63) is 40.6 Å². The number of aliphatic imine (C=N–C) groups is 1. The zero-order valence-corrected chi connectivity index (χ0v) is 18.5.